The van der Waals surface area contributed by atoms with Crippen molar-refractivity contribution >= 4 is 5.97 Å². The van der Waals surface area contributed by atoms with Crippen molar-refractivity contribution in [3.63, 3.8) is 0 Å². The van der Waals surface area contributed by atoms with Gasteiger partial charge in [-0.1, -0.05) is 19.1 Å². The molecule has 0 unspecified atom stereocenters. The van der Waals surface area contributed by atoms with E-state index in [2.05, 4.69) is 11.3 Å². The molecule has 0 atom stereocenters. The fraction of sp³-hybridized carbons (Fsp3) is 0.500. The number of hydrogen-bond donors (Lipinski definition) is 0. The molecule has 2 nitrogen and oxygen atoms in total. The minimum atomic E-state index is -0.223. The average Bonchev–Trinajstić information content (AvgIpc) is 2.11. The Hall–Kier alpha value is -1.05. The van der Waals surface area contributed by atoms with Crippen molar-refractivity contribution in [2.24, 2.45) is 0 Å². The van der Waals surface area contributed by atoms with Crippen LogP contribution < -0.4 is 0 Å². The van der Waals surface area contributed by atoms with Crippen LogP contribution in [0.2, 0.25) is 0 Å². The van der Waals surface area contributed by atoms with Gasteiger partial charge in [0.2, 0.25) is 0 Å². The summed E-state index contributed by atoms with van der Waals surface area (Å²) in [4.78, 5) is 11.1. The number of carbonyl (C=O) groups is 1. The number of carbonyl (C=O) groups excluding carboxylic acids is 1. The monoisotopic (exact) mass is 168 g/mol. The molecule has 12 heavy (non-hydrogen) atoms. The summed E-state index contributed by atoms with van der Waals surface area (Å²) < 4.78 is 4.62. The highest BCUT2D eigenvalue weighted by atomic mass is 16.5. The normalized spacial score (nSPS) is 11.0. The minimum Gasteiger partial charge on any atom is -0.466 e. The highest BCUT2D eigenvalue weighted by Crippen LogP contribution is 2.08. The van der Waals surface area contributed by atoms with E-state index in [1.807, 2.05) is 13.0 Å². The molecule has 0 saturated heterocycles. The van der Waals surface area contributed by atoms with Crippen LogP contribution in [0.4, 0.5) is 0 Å². The van der Waals surface area contributed by atoms with Crippen LogP contribution in [0.25, 0.3) is 0 Å². The summed E-state index contributed by atoms with van der Waals surface area (Å²) in [6.07, 6.45) is 6.11. The van der Waals surface area contributed by atoms with Gasteiger partial charge in [-0.05, 0) is 19.3 Å². The molecule has 0 bridgehead atoms. The smallest absolute Gasteiger partial charge is 0.333 e. The summed E-state index contributed by atoms with van der Waals surface area (Å²) in [5.74, 6) is -0.223. The Morgan fingerprint density at radius 3 is 2.67 bits per heavy atom. The molecule has 68 valence electrons. The van der Waals surface area contributed by atoms with Gasteiger partial charge in [0.05, 0.1) is 7.11 Å². The number of ether oxygens (including phenoxy) is 1. The second-order valence-corrected chi connectivity index (χ2v) is 2.46. The first kappa shape index (κ1) is 11.0. The van der Waals surface area contributed by atoms with E-state index in [4.69, 9.17) is 0 Å². The van der Waals surface area contributed by atoms with Crippen LogP contribution in [0, 0.1) is 0 Å². The Morgan fingerprint density at radius 1 is 1.58 bits per heavy atom. The van der Waals surface area contributed by atoms with Gasteiger partial charge in [-0.15, -0.1) is 6.58 Å². The maximum Gasteiger partial charge on any atom is 0.333 e. The first-order valence-electron chi connectivity index (χ1n) is 4.14. The van der Waals surface area contributed by atoms with E-state index >= 15 is 0 Å². The zero-order valence-corrected chi connectivity index (χ0v) is 7.80. The van der Waals surface area contributed by atoms with E-state index in [1.54, 1.807) is 6.08 Å². The molecule has 0 aromatic rings. The van der Waals surface area contributed by atoms with Crippen LogP contribution in [0.1, 0.15) is 26.2 Å². The predicted octanol–water partition coefficient (Wildman–Crippen LogP) is 2.46. The van der Waals surface area contributed by atoms with E-state index in [9.17, 15) is 4.79 Å². The molecule has 0 aromatic heterocycles. The molecule has 2 heteroatoms. The average molecular weight is 168 g/mol. The molecule has 0 heterocycles. The first-order chi connectivity index (χ1) is 5.76. The van der Waals surface area contributed by atoms with Crippen LogP contribution in [0.5, 0.6) is 0 Å². The van der Waals surface area contributed by atoms with Crippen LogP contribution in [-0.2, 0) is 9.53 Å². The Morgan fingerprint density at radius 2 is 2.25 bits per heavy atom. The van der Waals surface area contributed by atoms with Gasteiger partial charge in [0.25, 0.3) is 0 Å². The molecular formula is C10H16O2. The molecule has 0 aliphatic heterocycles. The van der Waals surface area contributed by atoms with E-state index in [0.29, 0.717) is 0 Å². The molecule has 0 fully saturated rings. The van der Waals surface area contributed by atoms with Crippen molar-refractivity contribution in [1.29, 1.82) is 0 Å². The molecule has 0 aliphatic rings. The van der Waals surface area contributed by atoms with Crippen molar-refractivity contribution in [3.05, 3.63) is 24.3 Å². The number of rotatable bonds is 5. The van der Waals surface area contributed by atoms with Gasteiger partial charge < -0.3 is 4.74 Å². The number of esters is 1. The highest BCUT2D eigenvalue weighted by molar-refractivity contribution is 5.88. The quantitative estimate of drug-likeness (QED) is 0.358. The molecule has 0 N–H and O–H groups in total. The molecule has 0 aliphatic carbocycles. The third-order valence-electron chi connectivity index (χ3n) is 1.52. The van der Waals surface area contributed by atoms with Crippen LogP contribution >= 0.6 is 0 Å². The van der Waals surface area contributed by atoms with E-state index < -0.39 is 0 Å². The van der Waals surface area contributed by atoms with E-state index in [-0.39, 0.29) is 5.97 Å². The van der Waals surface area contributed by atoms with Crippen molar-refractivity contribution in [3.8, 4) is 0 Å². The van der Waals surface area contributed by atoms with Gasteiger partial charge in [-0.25, -0.2) is 4.79 Å². The molecular weight excluding hydrogens is 152 g/mol. The Bertz CT molecular complexity index is 180. The Kier molecular flexibility index (Phi) is 6.07. The summed E-state index contributed by atoms with van der Waals surface area (Å²) in [6, 6.07) is 0. The first-order valence-corrected chi connectivity index (χ1v) is 4.14. The summed E-state index contributed by atoms with van der Waals surface area (Å²) in [7, 11) is 1.40. The number of allylic oxidation sites excluding steroid dienone is 2. The lowest BCUT2D eigenvalue weighted by molar-refractivity contribution is -0.136. The summed E-state index contributed by atoms with van der Waals surface area (Å²) in [6.45, 7) is 5.60. The van der Waals surface area contributed by atoms with Crippen LogP contribution in [0.3, 0.4) is 0 Å². The van der Waals surface area contributed by atoms with Gasteiger partial charge in [0, 0.05) is 5.57 Å². The minimum absolute atomic E-state index is 0.223. The topological polar surface area (TPSA) is 26.3 Å². The highest BCUT2D eigenvalue weighted by Gasteiger charge is 2.06. The molecule has 0 amide bonds. The van der Waals surface area contributed by atoms with Gasteiger partial charge in [0.1, 0.15) is 0 Å². The molecule has 0 rings (SSSR count). The maximum atomic E-state index is 11.1. The molecule has 0 spiro atoms. The summed E-state index contributed by atoms with van der Waals surface area (Å²) in [5, 5.41) is 0. The lowest BCUT2D eigenvalue weighted by Gasteiger charge is -2.02. The van der Waals surface area contributed by atoms with Crippen molar-refractivity contribution < 1.29 is 9.53 Å². The number of hydrogen-bond acceptors (Lipinski definition) is 2. The van der Waals surface area contributed by atoms with Gasteiger partial charge in [0.15, 0.2) is 0 Å². The molecule has 0 saturated carbocycles. The zero-order chi connectivity index (χ0) is 9.40. The van der Waals surface area contributed by atoms with Crippen LogP contribution in [-0.4, -0.2) is 13.1 Å². The fourth-order valence-corrected chi connectivity index (χ4v) is 0.923. The third-order valence-corrected chi connectivity index (χ3v) is 1.52. The van der Waals surface area contributed by atoms with Gasteiger partial charge >= 0.3 is 5.97 Å². The van der Waals surface area contributed by atoms with Gasteiger partial charge in [-0.3, -0.25) is 0 Å². The predicted molar refractivity (Wildman–Crippen MR) is 49.8 cm³/mol. The second kappa shape index (κ2) is 6.65. The lowest BCUT2D eigenvalue weighted by atomic mass is 10.1. The van der Waals surface area contributed by atoms with Crippen LogP contribution in [0.15, 0.2) is 24.3 Å². The fourth-order valence-electron chi connectivity index (χ4n) is 0.923. The number of methoxy groups -OCH3 is 1. The second-order valence-electron chi connectivity index (χ2n) is 2.46. The summed E-state index contributed by atoms with van der Waals surface area (Å²) in [5.41, 5.74) is 0.750. The summed E-state index contributed by atoms with van der Waals surface area (Å²) >= 11 is 0. The van der Waals surface area contributed by atoms with E-state index in [1.165, 1.54) is 7.11 Å². The van der Waals surface area contributed by atoms with Gasteiger partial charge in [-0.2, -0.15) is 0 Å². The van der Waals surface area contributed by atoms with Crippen molar-refractivity contribution in [2.75, 3.05) is 7.11 Å². The van der Waals surface area contributed by atoms with E-state index in [0.717, 1.165) is 24.8 Å². The largest absolute Gasteiger partial charge is 0.466 e. The van der Waals surface area contributed by atoms with Crippen molar-refractivity contribution in [2.45, 2.75) is 26.2 Å². The standard InChI is InChI=1S/C10H16O2/c1-4-6-8-9(7-5-2)10(11)12-3/h4,7H,1,5-6,8H2,2-3H3/b9-7+. The molecule has 0 radical (unpaired) electrons. The Balaban J connectivity index is 4.13. The third kappa shape index (κ3) is 3.96. The van der Waals surface area contributed by atoms with Crippen molar-refractivity contribution in [1.82, 2.24) is 0 Å². The Labute approximate surface area is 73.9 Å². The molecule has 0 aromatic carbocycles. The maximum absolute atomic E-state index is 11.1. The SMILES string of the molecule is C=CCC/C(=C\CC)C(=O)OC. The zero-order valence-electron chi connectivity index (χ0n) is 7.80. The lowest BCUT2D eigenvalue weighted by Crippen LogP contribution is -2.04.